The number of hydrogen-bond acceptors (Lipinski definition) is 1. The van der Waals surface area contributed by atoms with Crippen LogP contribution in [0.25, 0.3) is 11.1 Å². The molecule has 0 saturated heterocycles. The smallest absolute Gasteiger partial charge is 0.192 e. The number of hydrogen-bond donors (Lipinski definition) is 0. The summed E-state index contributed by atoms with van der Waals surface area (Å²) < 4.78 is 38.6. The van der Waals surface area contributed by atoms with Gasteiger partial charge in [-0.2, -0.15) is 18.4 Å². The summed E-state index contributed by atoms with van der Waals surface area (Å²) in [7, 11) is 0. The fraction of sp³-hybridized carbons (Fsp3) is 0.0714. The van der Waals surface area contributed by atoms with Gasteiger partial charge in [0.05, 0.1) is 17.2 Å². The van der Waals surface area contributed by atoms with Gasteiger partial charge in [-0.15, -0.1) is 0 Å². The van der Waals surface area contributed by atoms with E-state index in [9.17, 15) is 13.2 Å². The fourth-order valence-electron chi connectivity index (χ4n) is 1.70. The zero-order valence-electron chi connectivity index (χ0n) is 9.50. The van der Waals surface area contributed by atoms with Gasteiger partial charge in [0, 0.05) is 4.47 Å². The van der Waals surface area contributed by atoms with Crippen molar-refractivity contribution in [1.82, 2.24) is 0 Å². The molecule has 0 radical (unpaired) electrons. The molecule has 19 heavy (non-hydrogen) atoms. The quantitative estimate of drug-likeness (QED) is 0.723. The second kappa shape index (κ2) is 5.06. The predicted octanol–water partition coefficient (Wildman–Crippen LogP) is 5.01. The highest BCUT2D eigenvalue weighted by molar-refractivity contribution is 9.10. The third-order valence-corrected chi connectivity index (χ3v) is 3.01. The van der Waals surface area contributed by atoms with Crippen molar-refractivity contribution in [1.29, 1.82) is 5.26 Å². The summed E-state index contributed by atoms with van der Waals surface area (Å²) in [5.41, 5.74) is 0.676. The summed E-state index contributed by atoms with van der Waals surface area (Å²) in [6.07, 6.45) is -4.37. The van der Waals surface area contributed by atoms with Crippen LogP contribution in [0.5, 0.6) is 0 Å². The first-order chi connectivity index (χ1) is 8.90. The highest BCUT2D eigenvalue weighted by atomic mass is 79.9. The minimum Gasteiger partial charge on any atom is -0.192 e. The Morgan fingerprint density at radius 2 is 1.74 bits per heavy atom. The highest BCUT2D eigenvalue weighted by Gasteiger charge is 2.30. The van der Waals surface area contributed by atoms with Crippen LogP contribution in [-0.4, -0.2) is 0 Å². The molecule has 0 unspecified atom stereocenters. The molecule has 0 aliphatic heterocycles. The van der Waals surface area contributed by atoms with Crippen LogP contribution in [0.2, 0.25) is 0 Å². The van der Waals surface area contributed by atoms with Crippen LogP contribution < -0.4 is 0 Å². The third-order valence-electron chi connectivity index (χ3n) is 2.55. The second-order valence-corrected chi connectivity index (χ2v) is 4.83. The molecule has 0 fully saturated rings. The molecule has 0 heterocycles. The Hall–Kier alpha value is -1.80. The molecule has 0 saturated carbocycles. The summed E-state index contributed by atoms with van der Waals surface area (Å²) in [5, 5.41) is 8.87. The van der Waals surface area contributed by atoms with Gasteiger partial charge in [-0.25, -0.2) is 0 Å². The van der Waals surface area contributed by atoms with Crippen LogP contribution >= 0.6 is 15.9 Å². The second-order valence-electron chi connectivity index (χ2n) is 3.92. The number of halogens is 4. The first kappa shape index (κ1) is 13.6. The van der Waals surface area contributed by atoms with Crippen LogP contribution in [0, 0.1) is 11.3 Å². The maximum atomic E-state index is 12.6. The highest BCUT2D eigenvalue weighted by Crippen LogP contribution is 2.33. The lowest BCUT2D eigenvalue weighted by Gasteiger charge is -2.09. The van der Waals surface area contributed by atoms with E-state index in [0.29, 0.717) is 21.2 Å². The van der Waals surface area contributed by atoms with Gasteiger partial charge >= 0.3 is 6.18 Å². The molecule has 0 aliphatic rings. The van der Waals surface area contributed by atoms with E-state index in [1.807, 2.05) is 6.07 Å². The Balaban J connectivity index is 2.54. The predicted molar refractivity (Wildman–Crippen MR) is 69.3 cm³/mol. The molecule has 0 spiro atoms. The maximum Gasteiger partial charge on any atom is 0.416 e. The summed E-state index contributed by atoms with van der Waals surface area (Å²) in [5.74, 6) is 0. The molecule has 0 N–H and O–H groups in total. The summed E-state index contributed by atoms with van der Waals surface area (Å²) in [6, 6.07) is 11.8. The molecule has 96 valence electrons. The van der Waals surface area contributed by atoms with Crippen LogP contribution in [0.3, 0.4) is 0 Å². The van der Waals surface area contributed by atoms with Gasteiger partial charge in [-0.05, 0) is 41.5 Å². The standard InChI is InChI=1S/C14H7BrF3N/c15-13-5-9(8-19)4-11(7-13)10-2-1-3-12(6-10)14(16,17)18/h1-7H. The van der Waals surface area contributed by atoms with Gasteiger partial charge in [0.2, 0.25) is 0 Å². The lowest BCUT2D eigenvalue weighted by Crippen LogP contribution is -2.04. The Bertz CT molecular complexity index is 656. The van der Waals surface area contributed by atoms with Gasteiger partial charge in [-0.3, -0.25) is 0 Å². The topological polar surface area (TPSA) is 23.8 Å². The van der Waals surface area contributed by atoms with Gasteiger partial charge < -0.3 is 0 Å². The van der Waals surface area contributed by atoms with Crippen molar-refractivity contribution in [3.8, 4) is 17.2 Å². The monoisotopic (exact) mass is 325 g/mol. The number of nitrogens with zero attached hydrogens (tertiary/aromatic N) is 1. The molecule has 5 heteroatoms. The molecule has 2 aromatic carbocycles. The van der Waals surface area contributed by atoms with Crippen molar-refractivity contribution >= 4 is 15.9 Å². The minimum atomic E-state index is -4.37. The van der Waals surface area contributed by atoms with Crippen molar-refractivity contribution < 1.29 is 13.2 Å². The van der Waals surface area contributed by atoms with E-state index in [0.717, 1.165) is 12.1 Å². The number of alkyl halides is 3. The van der Waals surface area contributed by atoms with Gasteiger partial charge in [0.1, 0.15) is 0 Å². The normalized spacial score (nSPS) is 11.1. The molecule has 1 nitrogen and oxygen atoms in total. The Kier molecular flexibility index (Phi) is 3.63. The van der Waals surface area contributed by atoms with Crippen molar-refractivity contribution in [3.63, 3.8) is 0 Å². The van der Waals surface area contributed by atoms with E-state index in [4.69, 9.17) is 5.26 Å². The van der Waals surface area contributed by atoms with Crippen molar-refractivity contribution in [2.75, 3.05) is 0 Å². The maximum absolute atomic E-state index is 12.6. The van der Waals surface area contributed by atoms with E-state index in [1.54, 1.807) is 24.3 Å². The van der Waals surface area contributed by atoms with Gasteiger partial charge in [0.15, 0.2) is 0 Å². The van der Waals surface area contributed by atoms with E-state index < -0.39 is 11.7 Å². The SMILES string of the molecule is N#Cc1cc(Br)cc(-c2cccc(C(F)(F)F)c2)c1. The number of nitriles is 1. The summed E-state index contributed by atoms with van der Waals surface area (Å²) in [6.45, 7) is 0. The molecule has 0 aromatic heterocycles. The molecule has 0 bridgehead atoms. The minimum absolute atomic E-state index is 0.391. The Morgan fingerprint density at radius 1 is 1.00 bits per heavy atom. The third kappa shape index (κ3) is 3.15. The van der Waals surface area contributed by atoms with Crippen molar-refractivity contribution in [2.45, 2.75) is 6.18 Å². The zero-order valence-corrected chi connectivity index (χ0v) is 11.1. The molecule has 0 amide bonds. The van der Waals surface area contributed by atoms with E-state index in [2.05, 4.69) is 15.9 Å². The first-order valence-corrected chi connectivity index (χ1v) is 6.08. The largest absolute Gasteiger partial charge is 0.416 e. The number of rotatable bonds is 1. The van der Waals surface area contributed by atoms with Crippen LogP contribution in [-0.2, 0) is 6.18 Å². The van der Waals surface area contributed by atoms with Crippen LogP contribution in [0.15, 0.2) is 46.9 Å². The van der Waals surface area contributed by atoms with Crippen LogP contribution in [0.4, 0.5) is 13.2 Å². The molecular weight excluding hydrogens is 319 g/mol. The Labute approximate surface area is 116 Å². The average molecular weight is 326 g/mol. The zero-order chi connectivity index (χ0) is 14.0. The van der Waals surface area contributed by atoms with Crippen molar-refractivity contribution in [2.24, 2.45) is 0 Å². The average Bonchev–Trinajstić information content (AvgIpc) is 2.37. The fourth-order valence-corrected chi connectivity index (χ4v) is 2.19. The lowest BCUT2D eigenvalue weighted by atomic mass is 10.0. The number of benzene rings is 2. The summed E-state index contributed by atoms with van der Waals surface area (Å²) in [4.78, 5) is 0. The molecule has 0 atom stereocenters. The first-order valence-electron chi connectivity index (χ1n) is 5.28. The van der Waals surface area contributed by atoms with Crippen molar-refractivity contribution in [3.05, 3.63) is 58.1 Å². The lowest BCUT2D eigenvalue weighted by molar-refractivity contribution is -0.137. The van der Waals surface area contributed by atoms with E-state index in [-0.39, 0.29) is 0 Å². The van der Waals surface area contributed by atoms with E-state index >= 15 is 0 Å². The van der Waals surface area contributed by atoms with E-state index in [1.165, 1.54) is 6.07 Å². The molecule has 0 aliphatic carbocycles. The molecule has 2 rings (SSSR count). The molecular formula is C14H7BrF3N. The Morgan fingerprint density at radius 3 is 2.37 bits per heavy atom. The van der Waals surface area contributed by atoms with Gasteiger partial charge in [0.25, 0.3) is 0 Å². The van der Waals surface area contributed by atoms with Gasteiger partial charge in [-0.1, -0.05) is 28.1 Å². The molecule has 2 aromatic rings. The summed E-state index contributed by atoms with van der Waals surface area (Å²) >= 11 is 3.24. The van der Waals surface area contributed by atoms with Crippen LogP contribution in [0.1, 0.15) is 11.1 Å².